The van der Waals surface area contributed by atoms with Gasteiger partial charge in [-0.25, -0.2) is 4.98 Å². The van der Waals surface area contributed by atoms with E-state index in [1.807, 2.05) is 31.1 Å². The van der Waals surface area contributed by atoms with E-state index in [-0.39, 0.29) is 0 Å². The second kappa shape index (κ2) is 4.17. The molecule has 2 rings (SSSR count). The molecule has 0 atom stereocenters. The lowest BCUT2D eigenvalue weighted by molar-refractivity contribution is 0.822. The topological polar surface area (TPSA) is 29.9 Å². The molecule has 0 fully saturated rings. The minimum absolute atomic E-state index is 0.874. The van der Waals surface area contributed by atoms with Crippen LogP contribution in [-0.2, 0) is 13.5 Å². The van der Waals surface area contributed by atoms with Crippen molar-refractivity contribution in [3.05, 3.63) is 48.0 Å². The van der Waals surface area contributed by atoms with Crippen LogP contribution in [0.4, 0.5) is 5.69 Å². The van der Waals surface area contributed by atoms with Crippen LogP contribution in [0.25, 0.3) is 0 Å². The Bertz CT molecular complexity index is 446. The monoisotopic (exact) mass is 201 g/mol. The third-order valence-corrected chi connectivity index (χ3v) is 2.50. The predicted molar refractivity (Wildman–Crippen MR) is 62.0 cm³/mol. The first kappa shape index (κ1) is 9.77. The number of anilines is 1. The van der Waals surface area contributed by atoms with Gasteiger partial charge in [-0.3, -0.25) is 0 Å². The van der Waals surface area contributed by atoms with Crippen molar-refractivity contribution in [1.29, 1.82) is 0 Å². The van der Waals surface area contributed by atoms with Crippen LogP contribution in [-0.4, -0.2) is 16.6 Å². The summed E-state index contributed by atoms with van der Waals surface area (Å²) < 4.78 is 2.05. The van der Waals surface area contributed by atoms with Gasteiger partial charge in [-0.1, -0.05) is 12.1 Å². The van der Waals surface area contributed by atoms with Crippen molar-refractivity contribution in [1.82, 2.24) is 9.55 Å². The van der Waals surface area contributed by atoms with Crippen molar-refractivity contribution < 1.29 is 0 Å². The number of hydrogen-bond donors (Lipinski definition) is 1. The molecule has 78 valence electrons. The summed E-state index contributed by atoms with van der Waals surface area (Å²) in [5.41, 5.74) is 2.41. The molecule has 0 radical (unpaired) electrons. The van der Waals surface area contributed by atoms with E-state index in [4.69, 9.17) is 0 Å². The summed E-state index contributed by atoms with van der Waals surface area (Å²) in [5, 5.41) is 3.13. The fraction of sp³-hybridized carbons (Fsp3) is 0.250. The van der Waals surface area contributed by atoms with Gasteiger partial charge in [-0.2, -0.15) is 0 Å². The normalized spacial score (nSPS) is 10.3. The lowest BCUT2D eigenvalue weighted by Gasteiger charge is -2.04. The van der Waals surface area contributed by atoms with Crippen LogP contribution in [0.1, 0.15) is 11.4 Å². The van der Waals surface area contributed by atoms with Crippen LogP contribution in [0.15, 0.2) is 36.7 Å². The number of hydrogen-bond acceptors (Lipinski definition) is 2. The Labute approximate surface area is 89.8 Å². The van der Waals surface area contributed by atoms with Gasteiger partial charge < -0.3 is 9.88 Å². The SMILES string of the molecule is CNc1cccc(Cc2nccn2C)c1. The number of aryl methyl sites for hydroxylation is 1. The highest BCUT2D eigenvalue weighted by atomic mass is 15.0. The number of aromatic nitrogens is 2. The molecule has 1 aromatic carbocycles. The molecule has 0 bridgehead atoms. The predicted octanol–water partition coefficient (Wildman–Crippen LogP) is 2.05. The second-order valence-corrected chi connectivity index (χ2v) is 3.58. The van der Waals surface area contributed by atoms with Crippen LogP contribution in [0.5, 0.6) is 0 Å². The van der Waals surface area contributed by atoms with E-state index in [2.05, 4.69) is 34.6 Å². The molecule has 1 heterocycles. The first-order valence-electron chi connectivity index (χ1n) is 5.02. The summed E-state index contributed by atoms with van der Waals surface area (Å²) in [4.78, 5) is 4.31. The number of imidazole rings is 1. The third-order valence-electron chi connectivity index (χ3n) is 2.50. The van der Waals surface area contributed by atoms with E-state index in [1.54, 1.807) is 0 Å². The fourth-order valence-corrected chi connectivity index (χ4v) is 1.59. The third kappa shape index (κ3) is 2.18. The molecule has 0 saturated heterocycles. The Balaban J connectivity index is 2.21. The van der Waals surface area contributed by atoms with Gasteiger partial charge in [-0.15, -0.1) is 0 Å². The van der Waals surface area contributed by atoms with Gasteiger partial charge in [0, 0.05) is 38.6 Å². The molecular weight excluding hydrogens is 186 g/mol. The maximum atomic E-state index is 4.31. The highest BCUT2D eigenvalue weighted by molar-refractivity contribution is 5.45. The molecule has 3 heteroatoms. The molecule has 0 aliphatic rings. The van der Waals surface area contributed by atoms with Crippen LogP contribution in [0.2, 0.25) is 0 Å². The van der Waals surface area contributed by atoms with Gasteiger partial charge in [0.15, 0.2) is 0 Å². The summed E-state index contributed by atoms with van der Waals surface area (Å²) >= 11 is 0. The van der Waals surface area contributed by atoms with E-state index in [0.29, 0.717) is 0 Å². The Kier molecular flexibility index (Phi) is 2.72. The van der Waals surface area contributed by atoms with Gasteiger partial charge in [0.1, 0.15) is 5.82 Å². The van der Waals surface area contributed by atoms with E-state index in [1.165, 1.54) is 5.56 Å². The molecule has 1 N–H and O–H groups in total. The number of nitrogens with one attached hydrogen (secondary N) is 1. The van der Waals surface area contributed by atoms with Crippen molar-refractivity contribution in [2.75, 3.05) is 12.4 Å². The lowest BCUT2D eigenvalue weighted by atomic mass is 10.1. The Morgan fingerprint density at radius 2 is 2.27 bits per heavy atom. The Hall–Kier alpha value is -1.77. The zero-order valence-corrected chi connectivity index (χ0v) is 9.07. The minimum Gasteiger partial charge on any atom is -0.388 e. The molecule has 0 unspecified atom stereocenters. The molecule has 1 aromatic heterocycles. The Morgan fingerprint density at radius 1 is 1.40 bits per heavy atom. The van der Waals surface area contributed by atoms with E-state index < -0.39 is 0 Å². The largest absolute Gasteiger partial charge is 0.388 e. The molecule has 15 heavy (non-hydrogen) atoms. The van der Waals surface area contributed by atoms with Crippen LogP contribution < -0.4 is 5.32 Å². The van der Waals surface area contributed by atoms with Gasteiger partial charge in [-0.05, 0) is 17.7 Å². The zero-order valence-electron chi connectivity index (χ0n) is 9.07. The van der Waals surface area contributed by atoms with Crippen molar-refractivity contribution in [3.63, 3.8) is 0 Å². The number of rotatable bonds is 3. The first-order chi connectivity index (χ1) is 7.29. The fourth-order valence-electron chi connectivity index (χ4n) is 1.59. The molecule has 0 aliphatic heterocycles. The molecule has 0 amide bonds. The summed E-state index contributed by atoms with van der Waals surface area (Å²) in [5.74, 6) is 1.09. The smallest absolute Gasteiger partial charge is 0.112 e. The molecule has 0 spiro atoms. The van der Waals surface area contributed by atoms with E-state index in [0.717, 1.165) is 17.9 Å². The molecule has 2 aromatic rings. The molecular formula is C12H15N3. The van der Waals surface area contributed by atoms with E-state index >= 15 is 0 Å². The van der Waals surface area contributed by atoms with Gasteiger partial charge in [0.2, 0.25) is 0 Å². The highest BCUT2D eigenvalue weighted by Gasteiger charge is 2.01. The molecule has 3 nitrogen and oxygen atoms in total. The van der Waals surface area contributed by atoms with Gasteiger partial charge >= 0.3 is 0 Å². The van der Waals surface area contributed by atoms with Crippen LogP contribution in [0, 0.1) is 0 Å². The van der Waals surface area contributed by atoms with Crippen molar-refractivity contribution >= 4 is 5.69 Å². The van der Waals surface area contributed by atoms with Crippen LogP contribution >= 0.6 is 0 Å². The average Bonchev–Trinajstić information content (AvgIpc) is 2.65. The Morgan fingerprint density at radius 3 is 2.93 bits per heavy atom. The van der Waals surface area contributed by atoms with E-state index in [9.17, 15) is 0 Å². The average molecular weight is 201 g/mol. The van der Waals surface area contributed by atoms with Gasteiger partial charge in [0.25, 0.3) is 0 Å². The standard InChI is InChI=1S/C12H15N3/c1-13-11-5-3-4-10(8-11)9-12-14-6-7-15(12)2/h3-8,13H,9H2,1-2H3. The maximum Gasteiger partial charge on any atom is 0.112 e. The number of nitrogens with zero attached hydrogens (tertiary/aromatic N) is 2. The first-order valence-corrected chi connectivity index (χ1v) is 5.02. The zero-order chi connectivity index (χ0) is 10.7. The maximum absolute atomic E-state index is 4.31. The highest BCUT2D eigenvalue weighted by Crippen LogP contribution is 2.12. The lowest BCUT2D eigenvalue weighted by Crippen LogP contribution is -1.99. The van der Waals surface area contributed by atoms with Crippen molar-refractivity contribution in [2.24, 2.45) is 7.05 Å². The summed E-state index contributed by atoms with van der Waals surface area (Å²) in [7, 11) is 3.95. The molecule has 0 saturated carbocycles. The summed E-state index contributed by atoms with van der Waals surface area (Å²) in [6.45, 7) is 0. The summed E-state index contributed by atoms with van der Waals surface area (Å²) in [6, 6.07) is 8.39. The summed E-state index contributed by atoms with van der Waals surface area (Å²) in [6.07, 6.45) is 4.67. The van der Waals surface area contributed by atoms with Gasteiger partial charge in [0.05, 0.1) is 0 Å². The minimum atomic E-state index is 0.874. The van der Waals surface area contributed by atoms with Crippen LogP contribution in [0.3, 0.4) is 0 Å². The van der Waals surface area contributed by atoms with Crippen molar-refractivity contribution in [2.45, 2.75) is 6.42 Å². The molecule has 0 aliphatic carbocycles. The van der Waals surface area contributed by atoms with Crippen molar-refractivity contribution in [3.8, 4) is 0 Å². The quantitative estimate of drug-likeness (QED) is 0.823. The number of benzene rings is 1. The second-order valence-electron chi connectivity index (χ2n) is 3.58.